The van der Waals surface area contributed by atoms with Crippen LogP contribution >= 0.6 is 11.6 Å². The van der Waals surface area contributed by atoms with Crippen LogP contribution < -0.4 is 5.43 Å². The van der Waals surface area contributed by atoms with Gasteiger partial charge in [-0.15, -0.1) is 0 Å². The molecule has 3 rings (SSSR count). The summed E-state index contributed by atoms with van der Waals surface area (Å²) in [6, 6.07) is 14.6. The van der Waals surface area contributed by atoms with Gasteiger partial charge < -0.3 is 4.42 Å². The predicted molar refractivity (Wildman–Crippen MR) is 98.7 cm³/mol. The fourth-order valence-corrected chi connectivity index (χ4v) is 3.45. The van der Waals surface area contributed by atoms with Crippen molar-refractivity contribution in [2.45, 2.75) is 11.8 Å². The van der Waals surface area contributed by atoms with Crippen molar-refractivity contribution in [1.29, 1.82) is 0 Å². The maximum absolute atomic E-state index is 12.6. The van der Waals surface area contributed by atoms with Crippen LogP contribution in [0.5, 0.6) is 0 Å². The molecule has 0 unspecified atom stereocenters. The van der Waals surface area contributed by atoms with Gasteiger partial charge in [-0.05, 0) is 37.3 Å². The molecule has 0 saturated heterocycles. The molecule has 128 valence electrons. The van der Waals surface area contributed by atoms with E-state index in [1.807, 2.05) is 0 Å². The Bertz CT molecular complexity index is 1100. The van der Waals surface area contributed by atoms with Gasteiger partial charge in [0.15, 0.2) is 15.3 Å². The van der Waals surface area contributed by atoms with Gasteiger partial charge in [0.25, 0.3) is 0 Å². The van der Waals surface area contributed by atoms with Crippen LogP contribution in [0.15, 0.2) is 68.7 Å². The summed E-state index contributed by atoms with van der Waals surface area (Å²) >= 11 is 6.26. The highest BCUT2D eigenvalue weighted by Gasteiger charge is 2.18. The zero-order valence-corrected chi connectivity index (χ0v) is 15.2. The molecule has 0 bridgehead atoms. The molecule has 0 amide bonds. The highest BCUT2D eigenvalue weighted by Crippen LogP contribution is 2.34. The second kappa shape index (κ2) is 6.50. The lowest BCUT2D eigenvalue weighted by atomic mass is 10.00. The number of benzene rings is 2. The fraction of sp³-hybridized carbons (Fsp3) is 0.105. The second-order valence-electron chi connectivity index (χ2n) is 5.70. The molecule has 0 radical (unpaired) electrons. The molecule has 1 aromatic heterocycles. The quantitative estimate of drug-likeness (QED) is 0.684. The van der Waals surface area contributed by atoms with Gasteiger partial charge in [-0.25, -0.2) is 8.42 Å². The maximum atomic E-state index is 12.6. The first-order valence-corrected chi connectivity index (χ1v) is 9.74. The summed E-state index contributed by atoms with van der Waals surface area (Å²) in [7, 11) is -3.30. The Hall–Kier alpha value is -2.37. The van der Waals surface area contributed by atoms with Crippen LogP contribution in [-0.4, -0.2) is 14.7 Å². The number of halogens is 1. The Morgan fingerprint density at radius 2 is 1.64 bits per heavy atom. The molecule has 0 fully saturated rings. The molecular weight excluding hydrogens is 360 g/mol. The lowest BCUT2D eigenvalue weighted by molar-refractivity contribution is 0.531. The van der Waals surface area contributed by atoms with Crippen molar-refractivity contribution < 1.29 is 12.8 Å². The number of hydrogen-bond acceptors (Lipinski definition) is 4. The van der Waals surface area contributed by atoms with Crippen LogP contribution in [0.25, 0.3) is 22.5 Å². The average molecular weight is 375 g/mol. The van der Waals surface area contributed by atoms with Crippen LogP contribution in [0.4, 0.5) is 0 Å². The average Bonchev–Trinajstić information content (AvgIpc) is 2.55. The zero-order chi connectivity index (χ0) is 18.2. The van der Waals surface area contributed by atoms with E-state index in [4.69, 9.17) is 16.0 Å². The van der Waals surface area contributed by atoms with Crippen LogP contribution in [0, 0.1) is 6.92 Å². The van der Waals surface area contributed by atoms with Gasteiger partial charge in [-0.1, -0.05) is 29.8 Å². The highest BCUT2D eigenvalue weighted by atomic mass is 35.5. The van der Waals surface area contributed by atoms with Crippen molar-refractivity contribution >= 4 is 21.4 Å². The van der Waals surface area contributed by atoms with Gasteiger partial charge in [-0.2, -0.15) is 0 Å². The van der Waals surface area contributed by atoms with E-state index in [1.165, 1.54) is 18.2 Å². The van der Waals surface area contributed by atoms with Crippen LogP contribution in [0.2, 0.25) is 5.02 Å². The Morgan fingerprint density at radius 1 is 1.00 bits per heavy atom. The Kier molecular flexibility index (Phi) is 4.54. The first kappa shape index (κ1) is 17.5. The normalized spacial score (nSPS) is 11.5. The largest absolute Gasteiger partial charge is 0.460 e. The summed E-state index contributed by atoms with van der Waals surface area (Å²) < 4.78 is 29.1. The number of rotatable bonds is 3. The smallest absolute Gasteiger partial charge is 0.193 e. The van der Waals surface area contributed by atoms with Gasteiger partial charge in [-0.3, -0.25) is 4.79 Å². The molecule has 0 aliphatic rings. The van der Waals surface area contributed by atoms with Crippen molar-refractivity contribution in [3.05, 3.63) is 75.6 Å². The maximum Gasteiger partial charge on any atom is 0.193 e. The predicted octanol–water partition coefficient (Wildman–Crippen LogP) is 4.34. The summed E-state index contributed by atoms with van der Waals surface area (Å²) in [6.07, 6.45) is 1.14. The molecule has 25 heavy (non-hydrogen) atoms. The molecule has 1 heterocycles. The minimum absolute atomic E-state index is 0.200. The van der Waals surface area contributed by atoms with E-state index in [1.54, 1.807) is 43.3 Å². The zero-order valence-electron chi connectivity index (χ0n) is 13.6. The molecule has 0 atom stereocenters. The third-order valence-electron chi connectivity index (χ3n) is 3.76. The van der Waals surface area contributed by atoms with E-state index in [0.717, 1.165) is 6.26 Å². The van der Waals surface area contributed by atoms with E-state index < -0.39 is 9.84 Å². The molecule has 6 heteroatoms. The van der Waals surface area contributed by atoms with Crippen LogP contribution in [-0.2, 0) is 9.84 Å². The third kappa shape index (κ3) is 3.52. The Morgan fingerprint density at radius 3 is 2.24 bits per heavy atom. The van der Waals surface area contributed by atoms with Crippen molar-refractivity contribution in [3.8, 4) is 22.5 Å². The van der Waals surface area contributed by atoms with Crippen molar-refractivity contribution in [2.24, 2.45) is 0 Å². The molecule has 4 nitrogen and oxygen atoms in total. The fourth-order valence-electron chi connectivity index (χ4n) is 2.59. The van der Waals surface area contributed by atoms with Gasteiger partial charge in [0.2, 0.25) is 0 Å². The number of aryl methyl sites for hydroxylation is 1. The molecule has 2 aromatic carbocycles. The summed E-state index contributed by atoms with van der Waals surface area (Å²) in [5.74, 6) is 0.821. The van der Waals surface area contributed by atoms with Gasteiger partial charge >= 0.3 is 0 Å². The van der Waals surface area contributed by atoms with Crippen LogP contribution in [0.1, 0.15) is 5.76 Å². The second-order valence-corrected chi connectivity index (χ2v) is 8.12. The monoisotopic (exact) mass is 374 g/mol. The van der Waals surface area contributed by atoms with Gasteiger partial charge in [0.05, 0.1) is 10.5 Å². The van der Waals surface area contributed by atoms with E-state index >= 15 is 0 Å². The Balaban J connectivity index is 2.27. The van der Waals surface area contributed by atoms with Crippen molar-refractivity contribution in [1.82, 2.24) is 0 Å². The van der Waals surface area contributed by atoms with Gasteiger partial charge in [0, 0.05) is 28.5 Å². The lowest BCUT2D eigenvalue weighted by Crippen LogP contribution is -2.06. The van der Waals surface area contributed by atoms with E-state index in [9.17, 15) is 13.2 Å². The SMILES string of the molecule is Cc1cc(=O)c(-c2ccccc2Cl)c(-c2ccc(S(C)(=O)=O)cc2)o1. The summed E-state index contributed by atoms with van der Waals surface area (Å²) in [5.41, 5.74) is 1.31. The summed E-state index contributed by atoms with van der Waals surface area (Å²) in [4.78, 5) is 12.8. The molecule has 0 aliphatic heterocycles. The van der Waals surface area contributed by atoms with E-state index in [2.05, 4.69) is 0 Å². The highest BCUT2D eigenvalue weighted by molar-refractivity contribution is 7.90. The topological polar surface area (TPSA) is 64.3 Å². The molecule has 3 aromatic rings. The first-order chi connectivity index (χ1) is 11.8. The molecule has 0 spiro atoms. The molecular formula is C19H15ClO4S. The minimum atomic E-state index is -3.30. The van der Waals surface area contributed by atoms with E-state index in [0.29, 0.717) is 33.2 Å². The molecule has 0 N–H and O–H groups in total. The number of sulfone groups is 1. The minimum Gasteiger partial charge on any atom is -0.460 e. The van der Waals surface area contributed by atoms with E-state index in [-0.39, 0.29) is 10.3 Å². The molecule has 0 aliphatic carbocycles. The summed E-state index contributed by atoms with van der Waals surface area (Å²) in [5, 5.41) is 0.438. The van der Waals surface area contributed by atoms with Crippen molar-refractivity contribution in [3.63, 3.8) is 0 Å². The summed E-state index contributed by atoms with van der Waals surface area (Å²) in [6.45, 7) is 1.69. The van der Waals surface area contributed by atoms with Crippen molar-refractivity contribution in [2.75, 3.05) is 6.26 Å². The third-order valence-corrected chi connectivity index (χ3v) is 5.22. The van der Waals surface area contributed by atoms with Crippen LogP contribution in [0.3, 0.4) is 0 Å². The molecule has 0 saturated carbocycles. The number of hydrogen-bond donors (Lipinski definition) is 0. The standard InChI is InChI=1S/C19H15ClO4S/c1-12-11-17(21)18(15-5-3-4-6-16(15)20)19(24-12)13-7-9-14(10-8-13)25(2,22)23/h3-11H,1-2H3. The van der Waals surface area contributed by atoms with Gasteiger partial charge in [0.1, 0.15) is 11.5 Å². The Labute approximate surface area is 150 Å². The lowest BCUT2D eigenvalue weighted by Gasteiger charge is -2.11. The first-order valence-electron chi connectivity index (χ1n) is 7.47.